The smallest absolute Gasteiger partial charge is 0.336 e. The number of carbonyl (C=O) groups excluding carboxylic acids is 1. The molecule has 0 aromatic carbocycles. The molecule has 0 amide bonds. The minimum Gasteiger partial charge on any atom is -0.481 e. The number of aromatic nitrogens is 3. The fraction of sp³-hybridized carbons (Fsp3) is 0.667. The van der Waals surface area contributed by atoms with Crippen molar-refractivity contribution in [1.29, 1.82) is 0 Å². The highest BCUT2D eigenvalue weighted by Gasteiger charge is 2.15. The maximum atomic E-state index is 12.3. The summed E-state index contributed by atoms with van der Waals surface area (Å²) >= 11 is 0. The van der Waals surface area contributed by atoms with Gasteiger partial charge in [0.2, 0.25) is 0 Å². The predicted molar refractivity (Wildman–Crippen MR) is 90.5 cm³/mol. The van der Waals surface area contributed by atoms with Crippen molar-refractivity contribution in [2.75, 3.05) is 19.8 Å². The van der Waals surface area contributed by atoms with E-state index in [-0.39, 0.29) is 39.1 Å². The first-order valence-electron chi connectivity index (χ1n) is 8.37. The molecule has 0 aliphatic heterocycles. The number of aliphatic hydroxyl groups is 2. The van der Waals surface area contributed by atoms with Crippen LogP contribution in [0, 0.1) is 0 Å². The van der Waals surface area contributed by atoms with Gasteiger partial charge in [0.25, 0.3) is 0 Å². The molecule has 1 aromatic rings. The largest absolute Gasteiger partial charge is 0.481 e. The molecule has 0 unspecified atom stereocenters. The molecule has 0 saturated carbocycles. The standard InChI is InChI=1S/C15H23N3O9/c19-8-5-16-13(24)17(6-9-20)15(26)18(14(16)25)7-10-27-12(23)4-2-1-3-11(21)22/h19-20H,1-10H2,(H,21,22). The van der Waals surface area contributed by atoms with Gasteiger partial charge in [0.15, 0.2) is 0 Å². The Morgan fingerprint density at radius 3 is 1.67 bits per heavy atom. The molecule has 3 N–H and O–H groups in total. The van der Waals surface area contributed by atoms with E-state index in [0.29, 0.717) is 26.5 Å². The van der Waals surface area contributed by atoms with E-state index >= 15 is 0 Å². The van der Waals surface area contributed by atoms with E-state index in [0.717, 1.165) is 0 Å². The number of carbonyl (C=O) groups is 2. The lowest BCUT2D eigenvalue weighted by atomic mass is 10.2. The molecular formula is C15H23N3O9. The van der Waals surface area contributed by atoms with Crippen molar-refractivity contribution >= 4 is 11.9 Å². The van der Waals surface area contributed by atoms with E-state index < -0.39 is 42.2 Å². The maximum Gasteiger partial charge on any atom is 0.336 e. The van der Waals surface area contributed by atoms with Gasteiger partial charge in [-0.1, -0.05) is 0 Å². The quantitative estimate of drug-likeness (QED) is 0.255. The van der Waals surface area contributed by atoms with Crippen molar-refractivity contribution in [2.24, 2.45) is 0 Å². The molecule has 152 valence electrons. The topological polar surface area (TPSA) is 170 Å². The Kier molecular flexibility index (Phi) is 9.16. The normalized spacial score (nSPS) is 10.7. The first kappa shape index (κ1) is 22.3. The molecule has 12 nitrogen and oxygen atoms in total. The number of aliphatic carboxylic acids is 1. The summed E-state index contributed by atoms with van der Waals surface area (Å²) in [7, 11) is 0. The van der Waals surface area contributed by atoms with E-state index in [9.17, 15) is 24.0 Å². The first-order valence-corrected chi connectivity index (χ1v) is 8.37. The van der Waals surface area contributed by atoms with E-state index in [4.69, 9.17) is 20.1 Å². The van der Waals surface area contributed by atoms with Gasteiger partial charge in [-0.2, -0.15) is 0 Å². The number of aliphatic hydroxyl groups excluding tert-OH is 2. The van der Waals surface area contributed by atoms with Crippen LogP contribution in [0.2, 0.25) is 0 Å². The van der Waals surface area contributed by atoms with Gasteiger partial charge in [-0.25, -0.2) is 28.1 Å². The van der Waals surface area contributed by atoms with Gasteiger partial charge in [-0.15, -0.1) is 0 Å². The van der Waals surface area contributed by atoms with Gasteiger partial charge < -0.3 is 20.1 Å². The number of hydrogen-bond acceptors (Lipinski definition) is 8. The summed E-state index contributed by atoms with van der Waals surface area (Å²) in [6.07, 6.45) is 0.595. The summed E-state index contributed by atoms with van der Waals surface area (Å²) < 4.78 is 6.91. The number of esters is 1. The molecule has 0 aliphatic rings. The minimum absolute atomic E-state index is 0.000926. The Labute approximate surface area is 152 Å². The Morgan fingerprint density at radius 2 is 1.22 bits per heavy atom. The number of unbranched alkanes of at least 4 members (excludes halogenated alkanes) is 1. The number of rotatable bonds is 12. The monoisotopic (exact) mass is 389 g/mol. The number of carboxylic acids is 1. The third-order valence-electron chi connectivity index (χ3n) is 3.63. The molecule has 1 heterocycles. The van der Waals surface area contributed by atoms with Crippen molar-refractivity contribution in [3.63, 3.8) is 0 Å². The lowest BCUT2D eigenvalue weighted by molar-refractivity contribution is -0.144. The van der Waals surface area contributed by atoms with E-state index in [1.807, 2.05) is 0 Å². The highest BCUT2D eigenvalue weighted by atomic mass is 16.5. The maximum absolute atomic E-state index is 12.3. The van der Waals surface area contributed by atoms with Crippen LogP contribution in [-0.2, 0) is 34.0 Å². The van der Waals surface area contributed by atoms with Crippen molar-refractivity contribution < 1.29 is 29.6 Å². The van der Waals surface area contributed by atoms with E-state index in [1.165, 1.54) is 0 Å². The first-order chi connectivity index (χ1) is 12.8. The summed E-state index contributed by atoms with van der Waals surface area (Å²) in [6.45, 7) is -2.27. The van der Waals surface area contributed by atoms with Crippen LogP contribution in [0.1, 0.15) is 25.7 Å². The van der Waals surface area contributed by atoms with Gasteiger partial charge in [0, 0.05) is 12.8 Å². The van der Waals surface area contributed by atoms with E-state index in [1.54, 1.807) is 0 Å². The van der Waals surface area contributed by atoms with Gasteiger partial charge >= 0.3 is 29.0 Å². The Bertz CT molecular complexity index is 777. The summed E-state index contributed by atoms with van der Waals surface area (Å²) in [5, 5.41) is 26.5. The summed E-state index contributed by atoms with van der Waals surface area (Å²) in [5.41, 5.74) is -2.85. The molecule has 0 fully saturated rings. The second-order valence-electron chi connectivity index (χ2n) is 5.57. The number of hydrogen-bond donors (Lipinski definition) is 3. The van der Waals surface area contributed by atoms with Crippen molar-refractivity contribution in [3.05, 3.63) is 31.5 Å². The van der Waals surface area contributed by atoms with Crippen molar-refractivity contribution in [3.8, 4) is 0 Å². The van der Waals surface area contributed by atoms with Crippen molar-refractivity contribution in [1.82, 2.24) is 13.7 Å². The van der Waals surface area contributed by atoms with Crippen LogP contribution < -0.4 is 17.1 Å². The average Bonchev–Trinajstić information content (AvgIpc) is 2.62. The summed E-state index contributed by atoms with van der Waals surface area (Å²) in [6, 6.07) is 0. The fourth-order valence-corrected chi connectivity index (χ4v) is 2.32. The van der Waals surface area contributed by atoms with Crippen molar-refractivity contribution in [2.45, 2.75) is 45.3 Å². The van der Waals surface area contributed by atoms with Crippen LogP contribution in [0.15, 0.2) is 14.4 Å². The second-order valence-corrected chi connectivity index (χ2v) is 5.57. The van der Waals surface area contributed by atoms with Crippen LogP contribution in [0.25, 0.3) is 0 Å². The van der Waals surface area contributed by atoms with Gasteiger partial charge in [0.1, 0.15) is 6.61 Å². The average molecular weight is 389 g/mol. The third kappa shape index (κ3) is 6.49. The van der Waals surface area contributed by atoms with Crippen LogP contribution in [0.4, 0.5) is 0 Å². The molecule has 0 atom stereocenters. The number of carboxylic acid groups (broad SMARTS) is 1. The van der Waals surface area contributed by atoms with E-state index in [2.05, 4.69) is 0 Å². The third-order valence-corrected chi connectivity index (χ3v) is 3.63. The van der Waals surface area contributed by atoms with Crippen LogP contribution >= 0.6 is 0 Å². The number of nitrogens with zero attached hydrogens (tertiary/aromatic N) is 3. The lowest BCUT2D eigenvalue weighted by Crippen LogP contribution is -2.55. The summed E-state index contributed by atoms with van der Waals surface area (Å²) in [4.78, 5) is 58.5. The molecule has 0 radical (unpaired) electrons. The molecule has 0 aliphatic carbocycles. The zero-order valence-corrected chi connectivity index (χ0v) is 14.7. The van der Waals surface area contributed by atoms with Gasteiger partial charge in [-0.3, -0.25) is 9.59 Å². The van der Waals surface area contributed by atoms with Crippen LogP contribution in [0.3, 0.4) is 0 Å². The highest BCUT2D eigenvalue weighted by molar-refractivity contribution is 5.69. The SMILES string of the molecule is O=C(O)CCCCC(=O)OCCn1c(=O)n(CCO)c(=O)n(CCO)c1=O. The molecular weight excluding hydrogens is 366 g/mol. The molecule has 12 heteroatoms. The predicted octanol–water partition coefficient (Wildman–Crippen LogP) is -2.66. The van der Waals surface area contributed by atoms with Crippen LogP contribution in [0.5, 0.6) is 0 Å². The Balaban J connectivity index is 2.81. The van der Waals surface area contributed by atoms with Gasteiger partial charge in [0.05, 0.1) is 32.8 Å². The molecule has 1 aromatic heterocycles. The zero-order valence-electron chi connectivity index (χ0n) is 14.7. The fourth-order valence-electron chi connectivity index (χ4n) is 2.32. The molecule has 0 bridgehead atoms. The molecule has 0 spiro atoms. The molecule has 1 rings (SSSR count). The lowest BCUT2D eigenvalue weighted by Gasteiger charge is -2.13. The Morgan fingerprint density at radius 1 is 0.778 bits per heavy atom. The molecule has 0 saturated heterocycles. The Hall–Kier alpha value is -2.73. The second kappa shape index (κ2) is 11.1. The minimum atomic E-state index is -0.958. The van der Waals surface area contributed by atoms with Crippen LogP contribution in [-0.4, -0.2) is 60.8 Å². The molecule has 27 heavy (non-hydrogen) atoms. The zero-order chi connectivity index (χ0) is 20.4. The number of ether oxygens (including phenoxy) is 1. The summed E-state index contributed by atoms with van der Waals surface area (Å²) in [5.74, 6) is -1.56. The van der Waals surface area contributed by atoms with Gasteiger partial charge in [-0.05, 0) is 12.8 Å². The highest BCUT2D eigenvalue weighted by Crippen LogP contribution is 2.01.